The number of piperidine rings is 1. The minimum absolute atomic E-state index is 0.0154. The molecule has 2 aliphatic heterocycles. The fraction of sp³-hybridized carbons (Fsp3) is 0.500. The van der Waals surface area contributed by atoms with Gasteiger partial charge in [-0.15, -0.1) is 10.2 Å². The van der Waals surface area contributed by atoms with Crippen molar-refractivity contribution >= 4 is 33.4 Å². The van der Waals surface area contributed by atoms with E-state index < -0.39 is 0 Å². The number of hydrogen-bond donors (Lipinski definition) is 1. The maximum absolute atomic E-state index is 12.8. The van der Waals surface area contributed by atoms with Crippen molar-refractivity contribution in [3.05, 3.63) is 35.9 Å². The molecular weight excluding hydrogens is 374 g/mol. The Bertz CT molecular complexity index is 840. The molecule has 8 heteroatoms. The van der Waals surface area contributed by atoms with Crippen LogP contribution in [0.4, 0.5) is 10.3 Å². The molecule has 2 amide bonds. The molecule has 2 fully saturated rings. The lowest BCUT2D eigenvalue weighted by molar-refractivity contribution is -0.126. The zero-order valence-corrected chi connectivity index (χ0v) is 16.8. The largest absolute Gasteiger partial charge is 0.349 e. The molecule has 0 aliphatic carbocycles. The topological polar surface area (TPSA) is 78.4 Å². The molecule has 2 aliphatic rings. The molecule has 3 heterocycles. The van der Waals surface area contributed by atoms with E-state index in [0.29, 0.717) is 18.1 Å². The van der Waals surface area contributed by atoms with Gasteiger partial charge in [-0.2, -0.15) is 0 Å². The van der Waals surface area contributed by atoms with Gasteiger partial charge in [0.15, 0.2) is 0 Å². The molecule has 0 radical (unpaired) electrons. The summed E-state index contributed by atoms with van der Waals surface area (Å²) < 4.78 is 0. The number of benzene rings is 1. The molecule has 7 nitrogen and oxygen atoms in total. The summed E-state index contributed by atoms with van der Waals surface area (Å²) in [6, 6.07) is 9.99. The van der Waals surface area contributed by atoms with E-state index in [4.69, 9.17) is 0 Å². The summed E-state index contributed by atoms with van der Waals surface area (Å²) >= 11 is 1.44. The Morgan fingerprint density at radius 1 is 1.18 bits per heavy atom. The van der Waals surface area contributed by atoms with E-state index in [1.165, 1.54) is 11.3 Å². The van der Waals surface area contributed by atoms with E-state index in [1.54, 1.807) is 4.90 Å². The first kappa shape index (κ1) is 18.9. The standard InChI is InChI=1S/C20H25N5O2S/c1-14(15-7-3-2-4-8-15)21-18(27)16-9-5-11-24(13-16)19-22-23-20(28-19)25-12-6-10-17(25)26/h2-4,7-8,14,16H,5-6,9-13H2,1H3,(H,21,27)/t14-,16+/m1/s1. The Hall–Kier alpha value is -2.48. The normalized spacial score (nSPS) is 21.0. The van der Waals surface area contributed by atoms with Crippen LogP contribution in [0.15, 0.2) is 30.3 Å². The number of carbonyl (C=O) groups is 2. The molecule has 1 aromatic carbocycles. The summed E-state index contributed by atoms with van der Waals surface area (Å²) in [6.45, 7) is 4.23. The smallest absolute Gasteiger partial charge is 0.228 e. The highest BCUT2D eigenvalue weighted by molar-refractivity contribution is 7.19. The highest BCUT2D eigenvalue weighted by Gasteiger charge is 2.30. The Labute approximate surface area is 168 Å². The summed E-state index contributed by atoms with van der Waals surface area (Å²) in [5, 5.41) is 13.1. The van der Waals surface area contributed by atoms with Gasteiger partial charge in [0.2, 0.25) is 22.1 Å². The van der Waals surface area contributed by atoms with Crippen molar-refractivity contribution in [1.82, 2.24) is 15.5 Å². The molecule has 0 unspecified atom stereocenters. The van der Waals surface area contributed by atoms with Gasteiger partial charge in [-0.25, -0.2) is 0 Å². The number of carbonyl (C=O) groups excluding carboxylic acids is 2. The molecule has 2 atom stereocenters. The maximum atomic E-state index is 12.8. The molecule has 28 heavy (non-hydrogen) atoms. The van der Waals surface area contributed by atoms with Gasteiger partial charge in [-0.3, -0.25) is 14.5 Å². The predicted octanol–water partition coefficient (Wildman–Crippen LogP) is 2.76. The van der Waals surface area contributed by atoms with Crippen LogP contribution in [-0.4, -0.2) is 41.6 Å². The fourth-order valence-corrected chi connectivity index (χ4v) is 4.74. The Morgan fingerprint density at radius 2 is 1.96 bits per heavy atom. The van der Waals surface area contributed by atoms with Crippen molar-refractivity contribution in [2.75, 3.05) is 29.4 Å². The van der Waals surface area contributed by atoms with E-state index in [1.807, 2.05) is 37.3 Å². The lowest BCUT2D eigenvalue weighted by atomic mass is 9.96. The average molecular weight is 400 g/mol. The van der Waals surface area contributed by atoms with E-state index in [0.717, 1.165) is 43.0 Å². The van der Waals surface area contributed by atoms with Gasteiger partial charge in [0.25, 0.3) is 0 Å². The first-order valence-corrected chi connectivity index (χ1v) is 10.7. The lowest BCUT2D eigenvalue weighted by Gasteiger charge is -2.32. The van der Waals surface area contributed by atoms with Gasteiger partial charge in [0.05, 0.1) is 12.0 Å². The Kier molecular flexibility index (Phi) is 5.57. The highest BCUT2D eigenvalue weighted by Crippen LogP contribution is 2.32. The first-order valence-electron chi connectivity index (χ1n) is 9.86. The van der Waals surface area contributed by atoms with Crippen molar-refractivity contribution in [1.29, 1.82) is 0 Å². The first-order chi connectivity index (χ1) is 13.6. The van der Waals surface area contributed by atoms with Gasteiger partial charge in [0, 0.05) is 26.1 Å². The van der Waals surface area contributed by atoms with Crippen LogP contribution in [-0.2, 0) is 9.59 Å². The maximum Gasteiger partial charge on any atom is 0.228 e. The van der Waals surface area contributed by atoms with Crippen LogP contribution in [0.25, 0.3) is 0 Å². The lowest BCUT2D eigenvalue weighted by Crippen LogP contribution is -2.43. The molecular formula is C20H25N5O2S. The van der Waals surface area contributed by atoms with Crippen LogP contribution >= 0.6 is 11.3 Å². The van der Waals surface area contributed by atoms with Gasteiger partial charge in [-0.1, -0.05) is 41.7 Å². The Morgan fingerprint density at radius 3 is 2.71 bits per heavy atom. The number of anilines is 2. The van der Waals surface area contributed by atoms with Crippen LogP contribution in [0.1, 0.15) is 44.2 Å². The quantitative estimate of drug-likeness (QED) is 0.836. The molecule has 2 aromatic rings. The van der Waals surface area contributed by atoms with Crippen molar-refractivity contribution in [2.24, 2.45) is 5.92 Å². The van der Waals surface area contributed by atoms with Crippen LogP contribution in [0, 0.1) is 5.92 Å². The van der Waals surface area contributed by atoms with Gasteiger partial charge in [-0.05, 0) is 31.7 Å². The predicted molar refractivity (Wildman–Crippen MR) is 109 cm³/mol. The fourth-order valence-electron chi connectivity index (χ4n) is 3.82. The number of rotatable bonds is 5. The van der Waals surface area contributed by atoms with Crippen molar-refractivity contribution < 1.29 is 9.59 Å². The van der Waals surface area contributed by atoms with Gasteiger partial charge < -0.3 is 10.2 Å². The number of hydrogen-bond acceptors (Lipinski definition) is 6. The van der Waals surface area contributed by atoms with E-state index >= 15 is 0 Å². The second kappa shape index (κ2) is 8.26. The number of nitrogens with zero attached hydrogens (tertiary/aromatic N) is 4. The molecule has 2 saturated heterocycles. The van der Waals surface area contributed by atoms with Crippen LogP contribution in [0.3, 0.4) is 0 Å². The highest BCUT2D eigenvalue weighted by atomic mass is 32.1. The molecule has 4 rings (SSSR count). The second-order valence-electron chi connectivity index (χ2n) is 7.44. The third kappa shape index (κ3) is 4.01. The van der Waals surface area contributed by atoms with Crippen LogP contribution < -0.4 is 15.1 Å². The molecule has 0 bridgehead atoms. The second-order valence-corrected chi connectivity index (χ2v) is 8.38. The minimum Gasteiger partial charge on any atom is -0.349 e. The Balaban J connectivity index is 1.38. The average Bonchev–Trinajstić information content (AvgIpc) is 3.37. The molecule has 1 aromatic heterocycles. The zero-order valence-electron chi connectivity index (χ0n) is 16.0. The SMILES string of the molecule is C[C@@H](NC(=O)[C@H]1CCCN(c2nnc(N3CCCC3=O)s2)C1)c1ccccc1. The van der Waals surface area contributed by atoms with Crippen molar-refractivity contribution in [3.8, 4) is 0 Å². The summed E-state index contributed by atoms with van der Waals surface area (Å²) in [5.41, 5.74) is 1.10. The minimum atomic E-state index is -0.0688. The number of amides is 2. The number of aromatic nitrogens is 2. The summed E-state index contributed by atoms with van der Waals surface area (Å²) in [6.07, 6.45) is 3.27. The van der Waals surface area contributed by atoms with E-state index in [9.17, 15) is 9.59 Å². The molecule has 148 valence electrons. The van der Waals surface area contributed by atoms with Gasteiger partial charge in [0.1, 0.15) is 0 Å². The van der Waals surface area contributed by atoms with E-state index in [-0.39, 0.29) is 23.8 Å². The third-order valence-electron chi connectivity index (χ3n) is 5.43. The summed E-state index contributed by atoms with van der Waals surface area (Å²) in [7, 11) is 0. The summed E-state index contributed by atoms with van der Waals surface area (Å²) in [4.78, 5) is 28.6. The molecule has 0 spiro atoms. The number of nitrogens with one attached hydrogen (secondary N) is 1. The monoisotopic (exact) mass is 399 g/mol. The molecule has 1 N–H and O–H groups in total. The van der Waals surface area contributed by atoms with Crippen molar-refractivity contribution in [2.45, 2.75) is 38.6 Å². The molecule has 0 saturated carbocycles. The third-order valence-corrected chi connectivity index (χ3v) is 6.44. The van der Waals surface area contributed by atoms with Crippen LogP contribution in [0.5, 0.6) is 0 Å². The van der Waals surface area contributed by atoms with E-state index in [2.05, 4.69) is 20.4 Å². The van der Waals surface area contributed by atoms with Crippen molar-refractivity contribution in [3.63, 3.8) is 0 Å². The van der Waals surface area contributed by atoms with Gasteiger partial charge >= 0.3 is 0 Å². The van der Waals surface area contributed by atoms with Crippen LogP contribution in [0.2, 0.25) is 0 Å². The zero-order chi connectivity index (χ0) is 19.5. The summed E-state index contributed by atoms with van der Waals surface area (Å²) in [5.74, 6) is 0.134.